The maximum absolute atomic E-state index is 9.92. The maximum Gasteiger partial charge on any atom is 0.144 e. The van der Waals surface area contributed by atoms with Crippen LogP contribution in [0.5, 0.6) is 0 Å². The number of fused-ring (bicyclic) bond motifs is 1. The minimum Gasteiger partial charge on any atom is -0.397 e. The Morgan fingerprint density at radius 1 is 1.23 bits per heavy atom. The Bertz CT molecular complexity index is 745. The molecule has 2 rings (SSSR count). The monoisotopic (exact) mass is 346 g/mol. The molecule has 0 amide bonds. The molecule has 0 saturated heterocycles. The summed E-state index contributed by atoms with van der Waals surface area (Å²) in [6, 6.07) is 7.16. The molecule has 1 aromatic heterocycles. The van der Waals surface area contributed by atoms with Crippen molar-refractivity contribution in [1.29, 1.82) is 0 Å². The van der Waals surface area contributed by atoms with Crippen LogP contribution < -0.4 is 5.73 Å². The Morgan fingerprint density at radius 2 is 1.73 bits per heavy atom. The van der Waals surface area contributed by atoms with E-state index in [-0.39, 0.29) is 7.43 Å². The molecule has 5 nitrogen and oxygen atoms in total. The van der Waals surface area contributed by atoms with E-state index in [0.29, 0.717) is 16.4 Å². The van der Waals surface area contributed by atoms with Crippen molar-refractivity contribution in [2.45, 2.75) is 26.9 Å². The van der Waals surface area contributed by atoms with Crippen LogP contribution in [0.2, 0.25) is 5.02 Å². The topological polar surface area (TPSA) is 93.3 Å². The number of hydrogen-bond acceptors (Lipinski definition) is 5. The van der Waals surface area contributed by atoms with Gasteiger partial charge in [-0.1, -0.05) is 19.0 Å². The highest BCUT2D eigenvalue weighted by Crippen LogP contribution is 2.28. The third kappa shape index (κ3) is 6.60. The lowest BCUT2D eigenvalue weighted by Gasteiger charge is -2.19. The number of benzene rings is 1. The predicted octanol–water partition coefficient (Wildman–Crippen LogP) is 2.99. The molecule has 0 aliphatic heterocycles. The zero-order valence-corrected chi connectivity index (χ0v) is 14.0. The van der Waals surface area contributed by atoms with E-state index in [1.165, 1.54) is 0 Å². The van der Waals surface area contributed by atoms with Crippen LogP contribution in [0.1, 0.15) is 27.0 Å². The number of anilines is 1. The molecule has 0 aliphatic carbocycles. The Labute approximate surface area is 137 Å². The molecule has 0 fully saturated rings. The SMILES string of the molecule is C.CC(C)(O)c1nc2ccc(Cl)cc2cc1N.CS(C)(=O)=O. The van der Waals surface area contributed by atoms with Gasteiger partial charge in [0.2, 0.25) is 0 Å². The summed E-state index contributed by atoms with van der Waals surface area (Å²) in [6.45, 7) is 3.32. The van der Waals surface area contributed by atoms with Crippen molar-refractivity contribution >= 4 is 38.0 Å². The van der Waals surface area contributed by atoms with E-state index in [1.807, 2.05) is 6.07 Å². The average Bonchev–Trinajstić information content (AvgIpc) is 2.23. The smallest absolute Gasteiger partial charge is 0.144 e. The van der Waals surface area contributed by atoms with Crippen LogP contribution in [0.3, 0.4) is 0 Å². The van der Waals surface area contributed by atoms with E-state index in [9.17, 15) is 13.5 Å². The van der Waals surface area contributed by atoms with Crippen molar-refractivity contribution in [2.75, 3.05) is 18.2 Å². The molecule has 2 aromatic rings. The number of pyridine rings is 1. The number of hydrogen-bond donors (Lipinski definition) is 2. The van der Waals surface area contributed by atoms with Crippen molar-refractivity contribution in [1.82, 2.24) is 4.98 Å². The van der Waals surface area contributed by atoms with Crippen LogP contribution in [0.15, 0.2) is 24.3 Å². The third-order valence-electron chi connectivity index (χ3n) is 2.39. The molecule has 0 aliphatic rings. The Balaban J connectivity index is 0.000000644. The normalized spacial score (nSPS) is 11.4. The molecule has 3 N–H and O–H groups in total. The van der Waals surface area contributed by atoms with Gasteiger partial charge in [-0.25, -0.2) is 13.4 Å². The van der Waals surface area contributed by atoms with Crippen molar-refractivity contribution in [2.24, 2.45) is 0 Å². The molecule has 7 heteroatoms. The quantitative estimate of drug-likeness (QED) is 0.827. The van der Waals surface area contributed by atoms with E-state index >= 15 is 0 Å². The summed E-state index contributed by atoms with van der Waals surface area (Å²) in [6.07, 6.45) is 2.32. The fourth-order valence-electron chi connectivity index (χ4n) is 1.65. The van der Waals surface area contributed by atoms with Crippen LogP contribution in [-0.4, -0.2) is 31.0 Å². The highest BCUT2D eigenvalue weighted by molar-refractivity contribution is 7.89. The van der Waals surface area contributed by atoms with Gasteiger partial charge in [-0.2, -0.15) is 0 Å². The fraction of sp³-hybridized carbons (Fsp3) is 0.400. The molecule has 1 heterocycles. The zero-order valence-electron chi connectivity index (χ0n) is 12.4. The summed E-state index contributed by atoms with van der Waals surface area (Å²) in [7, 11) is -2.67. The van der Waals surface area contributed by atoms with Gasteiger partial charge in [0.15, 0.2) is 0 Å². The van der Waals surface area contributed by atoms with Crippen molar-refractivity contribution < 1.29 is 13.5 Å². The third-order valence-corrected chi connectivity index (χ3v) is 2.62. The molecule has 22 heavy (non-hydrogen) atoms. The molecular weight excluding hydrogens is 324 g/mol. The number of nitrogen functional groups attached to an aromatic ring is 1. The van der Waals surface area contributed by atoms with Gasteiger partial charge >= 0.3 is 0 Å². The van der Waals surface area contributed by atoms with E-state index < -0.39 is 15.4 Å². The number of nitrogens with two attached hydrogens (primary N) is 1. The van der Waals surface area contributed by atoms with Crippen LogP contribution in [0.4, 0.5) is 5.69 Å². The second-order valence-corrected chi connectivity index (χ2v) is 8.19. The number of nitrogens with zero attached hydrogens (tertiary/aromatic N) is 1. The molecule has 0 spiro atoms. The van der Waals surface area contributed by atoms with Gasteiger partial charge in [-0.3, -0.25) is 0 Å². The Hall–Kier alpha value is -1.37. The van der Waals surface area contributed by atoms with Crippen molar-refractivity contribution in [3.63, 3.8) is 0 Å². The standard InChI is InChI=1S/C12H13ClN2O.C2H6O2S.CH4/c1-12(2,16)11-9(14)6-7-5-8(13)3-4-10(7)15-11;1-5(2,3)4;/h3-6,16H,14H2,1-2H3;1-2H3;1H4. The fourth-order valence-corrected chi connectivity index (χ4v) is 1.83. The zero-order chi connectivity index (χ0) is 16.4. The Morgan fingerprint density at radius 3 is 2.18 bits per heavy atom. The van der Waals surface area contributed by atoms with Crippen LogP contribution in [0.25, 0.3) is 10.9 Å². The summed E-state index contributed by atoms with van der Waals surface area (Å²) in [5, 5.41) is 11.4. The van der Waals surface area contributed by atoms with Gasteiger partial charge in [0.25, 0.3) is 0 Å². The van der Waals surface area contributed by atoms with Gasteiger partial charge in [-0.15, -0.1) is 0 Å². The number of sulfone groups is 1. The molecular formula is C15H23ClN2O3S. The minimum atomic E-state index is -2.67. The molecule has 1 aromatic carbocycles. The molecule has 124 valence electrons. The van der Waals surface area contributed by atoms with E-state index in [4.69, 9.17) is 17.3 Å². The van der Waals surface area contributed by atoms with Gasteiger partial charge in [-0.05, 0) is 38.1 Å². The van der Waals surface area contributed by atoms with Gasteiger partial charge in [0, 0.05) is 22.9 Å². The first-order chi connectivity index (χ1) is 9.38. The first-order valence-electron chi connectivity index (χ1n) is 6.11. The molecule has 0 bridgehead atoms. The van der Waals surface area contributed by atoms with Crippen molar-refractivity contribution in [3.05, 3.63) is 35.0 Å². The number of aromatic nitrogens is 1. The lowest BCUT2D eigenvalue weighted by molar-refractivity contribution is 0.0751. The van der Waals surface area contributed by atoms with Crippen LogP contribution >= 0.6 is 11.6 Å². The Kier molecular flexibility index (Phi) is 6.81. The summed E-state index contributed by atoms with van der Waals surface area (Å²) in [5.74, 6) is 0. The van der Waals surface area contributed by atoms with E-state index in [1.54, 1.807) is 32.0 Å². The number of rotatable bonds is 1. The van der Waals surface area contributed by atoms with Gasteiger partial charge in [0.05, 0.1) is 16.9 Å². The van der Waals surface area contributed by atoms with Gasteiger partial charge < -0.3 is 10.8 Å². The average molecular weight is 347 g/mol. The summed E-state index contributed by atoms with van der Waals surface area (Å²) in [5.41, 5.74) is 6.55. The van der Waals surface area contributed by atoms with Crippen LogP contribution in [0, 0.1) is 0 Å². The first kappa shape index (κ1) is 20.6. The maximum atomic E-state index is 9.92. The largest absolute Gasteiger partial charge is 0.397 e. The predicted molar refractivity (Wildman–Crippen MR) is 93.9 cm³/mol. The second-order valence-electron chi connectivity index (χ2n) is 5.47. The van der Waals surface area contributed by atoms with Gasteiger partial charge in [0.1, 0.15) is 15.4 Å². The number of halogens is 1. The summed E-state index contributed by atoms with van der Waals surface area (Å²) < 4.78 is 19.3. The molecule has 0 atom stereocenters. The minimum absolute atomic E-state index is 0. The lowest BCUT2D eigenvalue weighted by atomic mass is 10.0. The van der Waals surface area contributed by atoms with E-state index in [2.05, 4.69) is 4.98 Å². The summed E-state index contributed by atoms with van der Waals surface area (Å²) in [4.78, 5) is 4.35. The summed E-state index contributed by atoms with van der Waals surface area (Å²) >= 11 is 5.88. The van der Waals surface area contributed by atoms with E-state index in [0.717, 1.165) is 23.4 Å². The highest BCUT2D eigenvalue weighted by atomic mass is 35.5. The lowest BCUT2D eigenvalue weighted by Crippen LogP contribution is -2.19. The molecule has 0 unspecified atom stereocenters. The molecule has 0 radical (unpaired) electrons. The van der Waals surface area contributed by atoms with Crippen molar-refractivity contribution in [3.8, 4) is 0 Å². The van der Waals surface area contributed by atoms with Crippen LogP contribution in [-0.2, 0) is 15.4 Å². The number of aliphatic hydroxyl groups is 1. The highest BCUT2D eigenvalue weighted by Gasteiger charge is 2.21. The molecule has 0 saturated carbocycles. The second kappa shape index (κ2) is 7.26. The first-order valence-corrected chi connectivity index (χ1v) is 8.79.